The highest BCUT2D eigenvalue weighted by Crippen LogP contribution is 2.32. The summed E-state index contributed by atoms with van der Waals surface area (Å²) in [6.45, 7) is 6.76. The van der Waals surface area contributed by atoms with Gasteiger partial charge in [-0.15, -0.1) is 0 Å². The lowest BCUT2D eigenvalue weighted by Gasteiger charge is -2.16. The molecule has 1 amide bonds. The van der Waals surface area contributed by atoms with Crippen LogP contribution in [0.25, 0.3) is 0 Å². The number of nitrogens with one attached hydrogen (secondary N) is 1. The van der Waals surface area contributed by atoms with Crippen LogP contribution in [0.15, 0.2) is 18.2 Å². The number of fused-ring (bicyclic) bond motifs is 1. The number of carbonyl (C=O) groups excluding carboxylic acids is 1. The molecule has 4 nitrogen and oxygen atoms in total. The van der Waals surface area contributed by atoms with Crippen molar-refractivity contribution in [2.24, 2.45) is 11.7 Å². The molecule has 0 aliphatic heterocycles. The zero-order valence-corrected chi connectivity index (χ0v) is 13.2. The van der Waals surface area contributed by atoms with Gasteiger partial charge in [-0.25, -0.2) is 0 Å². The van der Waals surface area contributed by atoms with Crippen molar-refractivity contribution in [3.8, 4) is 5.75 Å². The van der Waals surface area contributed by atoms with E-state index in [1.54, 1.807) is 6.92 Å². The third kappa shape index (κ3) is 4.21. The van der Waals surface area contributed by atoms with Gasteiger partial charge in [0.2, 0.25) is 0 Å². The molecular formula is C17H26N2O2. The van der Waals surface area contributed by atoms with Gasteiger partial charge in [0.05, 0.1) is 0 Å². The van der Waals surface area contributed by atoms with E-state index in [-0.39, 0.29) is 11.9 Å². The second-order valence-electron chi connectivity index (χ2n) is 6.24. The van der Waals surface area contributed by atoms with Crippen LogP contribution in [-0.2, 0) is 11.2 Å². The molecule has 1 aromatic rings. The maximum atomic E-state index is 12.0. The van der Waals surface area contributed by atoms with Gasteiger partial charge in [0.15, 0.2) is 6.10 Å². The Morgan fingerprint density at radius 1 is 1.43 bits per heavy atom. The van der Waals surface area contributed by atoms with Gasteiger partial charge in [-0.05, 0) is 55.4 Å². The number of hydrogen-bond acceptors (Lipinski definition) is 3. The Morgan fingerprint density at radius 3 is 2.90 bits per heavy atom. The van der Waals surface area contributed by atoms with Crippen LogP contribution < -0.4 is 15.8 Å². The first-order valence-electron chi connectivity index (χ1n) is 7.80. The van der Waals surface area contributed by atoms with Gasteiger partial charge in [-0.3, -0.25) is 4.79 Å². The standard InChI is InChI=1S/C17H26N2O2/c1-11(2)8-9-19-17(20)12(3)21-14-5-6-15-13(10-14)4-7-16(15)18/h5-6,10-12,16H,4,7-9,18H2,1-3H3,(H,19,20)/t12?,16-/m1/s1. The first-order chi connectivity index (χ1) is 9.97. The zero-order valence-electron chi connectivity index (χ0n) is 13.2. The van der Waals surface area contributed by atoms with Crippen LogP contribution in [0.2, 0.25) is 0 Å². The number of ether oxygens (including phenoxy) is 1. The predicted molar refractivity (Wildman–Crippen MR) is 84.2 cm³/mol. The van der Waals surface area contributed by atoms with E-state index in [1.807, 2.05) is 18.2 Å². The molecule has 1 aliphatic rings. The van der Waals surface area contributed by atoms with E-state index in [0.717, 1.165) is 25.0 Å². The molecule has 116 valence electrons. The maximum Gasteiger partial charge on any atom is 0.260 e. The Labute approximate surface area is 127 Å². The number of carbonyl (C=O) groups is 1. The molecule has 2 atom stereocenters. The smallest absolute Gasteiger partial charge is 0.260 e. The van der Waals surface area contributed by atoms with Crippen LogP contribution in [0.3, 0.4) is 0 Å². The van der Waals surface area contributed by atoms with Gasteiger partial charge >= 0.3 is 0 Å². The maximum absolute atomic E-state index is 12.0. The van der Waals surface area contributed by atoms with Crippen LogP contribution in [0.5, 0.6) is 5.75 Å². The molecule has 0 bridgehead atoms. The fraction of sp³-hybridized carbons (Fsp3) is 0.588. The average molecular weight is 290 g/mol. The normalized spacial score (nSPS) is 18.4. The molecule has 21 heavy (non-hydrogen) atoms. The van der Waals surface area contributed by atoms with Crippen molar-refractivity contribution in [3.63, 3.8) is 0 Å². The summed E-state index contributed by atoms with van der Waals surface area (Å²) in [7, 11) is 0. The Morgan fingerprint density at radius 2 is 2.19 bits per heavy atom. The molecule has 0 saturated heterocycles. The molecule has 0 spiro atoms. The summed E-state index contributed by atoms with van der Waals surface area (Å²) in [5.41, 5.74) is 8.47. The molecule has 3 N–H and O–H groups in total. The van der Waals surface area contributed by atoms with Gasteiger partial charge in [0.25, 0.3) is 5.91 Å². The Hall–Kier alpha value is -1.55. The predicted octanol–water partition coefficient (Wildman–Crippen LogP) is 2.56. The van der Waals surface area contributed by atoms with Crippen molar-refractivity contribution in [3.05, 3.63) is 29.3 Å². The van der Waals surface area contributed by atoms with E-state index in [1.165, 1.54) is 11.1 Å². The minimum absolute atomic E-state index is 0.0622. The van der Waals surface area contributed by atoms with Crippen molar-refractivity contribution in [1.29, 1.82) is 0 Å². The largest absolute Gasteiger partial charge is 0.481 e. The summed E-state index contributed by atoms with van der Waals surface area (Å²) >= 11 is 0. The molecule has 0 aromatic heterocycles. The number of hydrogen-bond donors (Lipinski definition) is 2. The SMILES string of the molecule is CC(C)CCNC(=O)C(C)Oc1ccc2c(c1)CC[C@H]2N. The highest BCUT2D eigenvalue weighted by atomic mass is 16.5. The molecule has 1 aliphatic carbocycles. The molecule has 1 unspecified atom stereocenters. The topological polar surface area (TPSA) is 64.3 Å². The van der Waals surface area contributed by atoms with Crippen LogP contribution in [0, 0.1) is 5.92 Å². The number of rotatable bonds is 6. The first kappa shape index (κ1) is 15.8. The monoisotopic (exact) mass is 290 g/mol. The number of nitrogens with two attached hydrogens (primary N) is 1. The lowest BCUT2D eigenvalue weighted by molar-refractivity contribution is -0.127. The van der Waals surface area contributed by atoms with Gasteiger partial charge < -0.3 is 15.8 Å². The summed E-state index contributed by atoms with van der Waals surface area (Å²) < 4.78 is 5.74. The van der Waals surface area contributed by atoms with Crippen LogP contribution >= 0.6 is 0 Å². The molecule has 0 fully saturated rings. The van der Waals surface area contributed by atoms with Crippen molar-refractivity contribution < 1.29 is 9.53 Å². The number of aryl methyl sites for hydroxylation is 1. The minimum Gasteiger partial charge on any atom is -0.481 e. The van der Waals surface area contributed by atoms with Crippen molar-refractivity contribution in [1.82, 2.24) is 5.32 Å². The van der Waals surface area contributed by atoms with E-state index in [4.69, 9.17) is 10.5 Å². The third-order valence-corrected chi connectivity index (χ3v) is 3.94. The van der Waals surface area contributed by atoms with Gasteiger partial charge in [-0.1, -0.05) is 19.9 Å². The Bertz CT molecular complexity index is 500. The molecule has 1 aromatic carbocycles. The summed E-state index contributed by atoms with van der Waals surface area (Å²) in [6, 6.07) is 6.08. The summed E-state index contributed by atoms with van der Waals surface area (Å²) in [5, 5.41) is 2.91. The van der Waals surface area contributed by atoms with E-state index in [9.17, 15) is 4.79 Å². The van der Waals surface area contributed by atoms with Crippen molar-refractivity contribution in [2.45, 2.75) is 52.2 Å². The second kappa shape index (κ2) is 6.94. The second-order valence-corrected chi connectivity index (χ2v) is 6.24. The quantitative estimate of drug-likeness (QED) is 0.846. The van der Waals surface area contributed by atoms with Gasteiger partial charge in [0.1, 0.15) is 5.75 Å². The molecular weight excluding hydrogens is 264 g/mol. The fourth-order valence-corrected chi connectivity index (χ4v) is 2.59. The molecule has 2 rings (SSSR count). The molecule has 0 radical (unpaired) electrons. The van der Waals surface area contributed by atoms with Crippen molar-refractivity contribution >= 4 is 5.91 Å². The Kier molecular flexibility index (Phi) is 5.23. The lowest BCUT2D eigenvalue weighted by Crippen LogP contribution is -2.37. The average Bonchev–Trinajstić information content (AvgIpc) is 2.79. The summed E-state index contributed by atoms with van der Waals surface area (Å²) in [5.74, 6) is 1.27. The first-order valence-corrected chi connectivity index (χ1v) is 7.80. The van der Waals surface area contributed by atoms with Crippen molar-refractivity contribution in [2.75, 3.05) is 6.54 Å². The fourth-order valence-electron chi connectivity index (χ4n) is 2.59. The van der Waals surface area contributed by atoms with Gasteiger partial charge in [-0.2, -0.15) is 0 Å². The summed E-state index contributed by atoms with van der Waals surface area (Å²) in [6.07, 6.45) is 2.48. The van der Waals surface area contributed by atoms with Crippen LogP contribution in [0.4, 0.5) is 0 Å². The number of amides is 1. The highest BCUT2D eigenvalue weighted by Gasteiger charge is 2.20. The van der Waals surface area contributed by atoms with Crippen LogP contribution in [-0.4, -0.2) is 18.6 Å². The van der Waals surface area contributed by atoms with E-state index >= 15 is 0 Å². The molecule has 4 heteroatoms. The van der Waals surface area contributed by atoms with Crippen LogP contribution in [0.1, 0.15) is 50.8 Å². The van der Waals surface area contributed by atoms with E-state index < -0.39 is 6.10 Å². The van der Waals surface area contributed by atoms with E-state index in [2.05, 4.69) is 19.2 Å². The molecule has 0 heterocycles. The lowest BCUT2D eigenvalue weighted by atomic mass is 10.1. The van der Waals surface area contributed by atoms with Gasteiger partial charge in [0, 0.05) is 12.6 Å². The van der Waals surface area contributed by atoms with E-state index in [0.29, 0.717) is 12.5 Å². The summed E-state index contributed by atoms with van der Waals surface area (Å²) in [4.78, 5) is 12.0. The molecule has 0 saturated carbocycles. The third-order valence-electron chi connectivity index (χ3n) is 3.94. The number of benzene rings is 1. The Balaban J connectivity index is 1.88. The highest BCUT2D eigenvalue weighted by molar-refractivity contribution is 5.80. The zero-order chi connectivity index (χ0) is 15.4. The minimum atomic E-state index is -0.481.